The maximum absolute atomic E-state index is 10.6. The monoisotopic (exact) mass is 709 g/mol. The lowest BCUT2D eigenvalue weighted by Gasteiger charge is -2.42. The highest BCUT2D eigenvalue weighted by Crippen LogP contribution is 2.35. The third-order valence-corrected chi connectivity index (χ3v) is 16.2. The van der Waals surface area contributed by atoms with Gasteiger partial charge in [0.15, 0.2) is 14.0 Å². The zero-order valence-corrected chi connectivity index (χ0v) is 32.3. The topological polar surface area (TPSA) is 87.9 Å². The second kappa shape index (κ2) is 16.0. The van der Waals surface area contributed by atoms with Crippen LogP contribution in [0.5, 0.6) is 6.01 Å². The minimum absolute atomic E-state index is 0.265. The first kappa shape index (κ1) is 36.7. The van der Waals surface area contributed by atoms with E-state index in [1.807, 2.05) is 41.0 Å². The molecule has 11 heteroatoms. The van der Waals surface area contributed by atoms with E-state index in [9.17, 15) is 5.11 Å². The standard InChI is InChI=1S/C37H52ClN3O5Si2/c1-8-48(9-2,10-3)46-33-22-30(24-44-35(33)26(4)42)45-37-40-36-32(41(37)25-43-20-21-47(5,6)7)23-31(38)34(39-36)29-18-16-28(17-19-29)27-14-12-11-13-15-27/h11-19,23,26,30,33,35,42H,8-10,20-22,24-25H2,1-7H3/t26-,30-,33+,35-/m1/s1. The minimum atomic E-state index is -1.97. The molecule has 1 fully saturated rings. The molecule has 2 aromatic carbocycles. The molecule has 0 radical (unpaired) electrons. The van der Waals surface area contributed by atoms with Crippen LogP contribution in [0.1, 0.15) is 34.1 Å². The number of aromatic nitrogens is 3. The fourth-order valence-electron chi connectivity index (χ4n) is 6.31. The molecule has 8 nitrogen and oxygen atoms in total. The largest absolute Gasteiger partial charge is 0.459 e. The number of ether oxygens (including phenoxy) is 3. The molecule has 5 rings (SSSR count). The van der Waals surface area contributed by atoms with E-state index >= 15 is 0 Å². The Balaban J connectivity index is 1.44. The number of aliphatic hydroxyl groups excluding tert-OH is 1. The van der Waals surface area contributed by atoms with E-state index < -0.39 is 28.6 Å². The van der Waals surface area contributed by atoms with Crippen molar-refractivity contribution in [2.24, 2.45) is 0 Å². The van der Waals surface area contributed by atoms with Gasteiger partial charge in [-0.2, -0.15) is 4.98 Å². The highest BCUT2D eigenvalue weighted by Gasteiger charge is 2.42. The average molecular weight is 710 g/mol. The third-order valence-electron chi connectivity index (χ3n) is 9.56. The summed E-state index contributed by atoms with van der Waals surface area (Å²) in [7, 11) is -3.24. The smallest absolute Gasteiger partial charge is 0.301 e. The number of benzene rings is 2. The number of halogens is 1. The number of fused-ring (bicyclic) bond motifs is 1. The number of hydrogen-bond acceptors (Lipinski definition) is 7. The summed E-state index contributed by atoms with van der Waals surface area (Å²) >= 11 is 6.92. The van der Waals surface area contributed by atoms with Gasteiger partial charge in [-0.15, -0.1) is 0 Å². The summed E-state index contributed by atoms with van der Waals surface area (Å²) in [4.78, 5) is 9.84. The first-order chi connectivity index (χ1) is 23.0. The van der Waals surface area contributed by atoms with Gasteiger partial charge >= 0.3 is 6.01 Å². The summed E-state index contributed by atoms with van der Waals surface area (Å²) in [6.07, 6.45) is -1.04. The molecule has 4 aromatic rings. The first-order valence-corrected chi connectivity index (χ1v) is 24.0. The Kier molecular flexibility index (Phi) is 12.2. The van der Waals surface area contributed by atoms with E-state index in [1.54, 1.807) is 6.92 Å². The van der Waals surface area contributed by atoms with Gasteiger partial charge in [-0.1, -0.05) is 107 Å². The van der Waals surface area contributed by atoms with E-state index in [4.69, 9.17) is 40.2 Å². The van der Waals surface area contributed by atoms with Crippen LogP contribution in [0.25, 0.3) is 33.5 Å². The van der Waals surface area contributed by atoms with Crippen LogP contribution < -0.4 is 4.74 Å². The maximum atomic E-state index is 10.6. The predicted octanol–water partition coefficient (Wildman–Crippen LogP) is 9.04. The molecule has 1 N–H and O–H groups in total. The Morgan fingerprint density at radius 2 is 1.60 bits per heavy atom. The normalized spacial score (nSPS) is 19.5. The van der Waals surface area contributed by atoms with Crippen molar-refractivity contribution in [2.75, 3.05) is 13.2 Å². The molecule has 0 bridgehead atoms. The van der Waals surface area contributed by atoms with Crippen LogP contribution in [0.3, 0.4) is 0 Å². The summed E-state index contributed by atoms with van der Waals surface area (Å²) in [5.74, 6) is 0. The van der Waals surface area contributed by atoms with E-state index in [1.165, 1.54) is 0 Å². The Labute approximate surface area is 292 Å². The summed E-state index contributed by atoms with van der Waals surface area (Å²) in [5.41, 5.74) is 5.12. The van der Waals surface area contributed by atoms with Crippen molar-refractivity contribution in [2.45, 2.75) is 109 Å². The van der Waals surface area contributed by atoms with Gasteiger partial charge < -0.3 is 23.7 Å². The lowest BCUT2D eigenvalue weighted by molar-refractivity contribution is -0.148. The Morgan fingerprint density at radius 3 is 2.23 bits per heavy atom. The number of nitrogens with zero attached hydrogens (tertiary/aromatic N) is 3. The molecule has 0 spiro atoms. The van der Waals surface area contributed by atoms with Gasteiger partial charge in [-0.3, -0.25) is 4.57 Å². The number of pyridine rings is 1. The molecule has 1 aliphatic rings. The molecule has 1 saturated heterocycles. The zero-order valence-electron chi connectivity index (χ0n) is 29.5. The van der Waals surface area contributed by atoms with Crippen molar-refractivity contribution in [1.82, 2.24) is 14.5 Å². The predicted molar refractivity (Wildman–Crippen MR) is 200 cm³/mol. The fourth-order valence-corrected chi connectivity index (χ4v) is 10.2. The number of imidazole rings is 1. The average Bonchev–Trinajstić information content (AvgIpc) is 3.40. The van der Waals surface area contributed by atoms with Crippen LogP contribution in [0.15, 0.2) is 60.7 Å². The van der Waals surface area contributed by atoms with E-state index in [-0.39, 0.29) is 18.9 Å². The highest BCUT2D eigenvalue weighted by atomic mass is 35.5. The molecular weight excluding hydrogens is 658 g/mol. The van der Waals surface area contributed by atoms with Crippen molar-refractivity contribution in [3.63, 3.8) is 0 Å². The van der Waals surface area contributed by atoms with Crippen LogP contribution in [0.2, 0.25) is 48.8 Å². The van der Waals surface area contributed by atoms with Gasteiger partial charge in [0.05, 0.1) is 35.0 Å². The van der Waals surface area contributed by atoms with Gasteiger partial charge in [0.25, 0.3) is 0 Å². The maximum Gasteiger partial charge on any atom is 0.301 e. The number of hydrogen-bond donors (Lipinski definition) is 1. The highest BCUT2D eigenvalue weighted by molar-refractivity contribution is 6.76. The van der Waals surface area contributed by atoms with Gasteiger partial charge in [-0.05, 0) is 48.3 Å². The van der Waals surface area contributed by atoms with Crippen LogP contribution in [-0.4, -0.2) is 73.7 Å². The summed E-state index contributed by atoms with van der Waals surface area (Å²) < 4.78 is 27.8. The van der Waals surface area contributed by atoms with Crippen LogP contribution in [0.4, 0.5) is 0 Å². The van der Waals surface area contributed by atoms with E-state index in [2.05, 4.69) is 64.7 Å². The molecule has 1 aliphatic heterocycles. The van der Waals surface area contributed by atoms with E-state index in [0.29, 0.717) is 42.0 Å². The molecule has 3 heterocycles. The SMILES string of the molecule is CC[Si](CC)(CC)O[C@H]1C[C@@H](Oc2nc3nc(-c4ccc(-c5ccccc5)cc4)c(Cl)cc3n2COCC[Si](C)(C)C)CO[C@@H]1[C@@H](C)O. The quantitative estimate of drug-likeness (QED) is 0.0974. The molecule has 260 valence electrons. The summed E-state index contributed by atoms with van der Waals surface area (Å²) in [6, 6.07) is 24.9. The Morgan fingerprint density at radius 1 is 0.958 bits per heavy atom. The Hall–Kier alpha value is -2.58. The number of rotatable bonds is 15. The molecule has 4 atom stereocenters. The van der Waals surface area contributed by atoms with Gasteiger partial charge in [0.2, 0.25) is 0 Å². The lowest BCUT2D eigenvalue weighted by Crippen LogP contribution is -2.54. The molecular formula is C37H52ClN3O5Si2. The van der Waals surface area contributed by atoms with E-state index in [0.717, 1.165) is 46.4 Å². The molecule has 2 aromatic heterocycles. The van der Waals surface area contributed by atoms with Gasteiger partial charge in [-0.25, -0.2) is 4.98 Å². The lowest BCUT2D eigenvalue weighted by atomic mass is 10.00. The van der Waals surface area contributed by atoms with Gasteiger partial charge in [0, 0.05) is 26.7 Å². The first-order valence-electron chi connectivity index (χ1n) is 17.4. The molecule has 0 saturated carbocycles. The second-order valence-corrected chi connectivity index (χ2v) is 24.9. The van der Waals surface area contributed by atoms with Crippen LogP contribution >= 0.6 is 11.6 Å². The van der Waals surface area contributed by atoms with Crippen molar-refractivity contribution in [3.8, 4) is 28.4 Å². The zero-order chi connectivity index (χ0) is 34.5. The second-order valence-electron chi connectivity index (χ2n) is 14.2. The van der Waals surface area contributed by atoms with Crippen molar-refractivity contribution in [3.05, 3.63) is 65.7 Å². The summed E-state index contributed by atoms with van der Waals surface area (Å²) in [5, 5.41) is 11.1. The molecule has 0 aliphatic carbocycles. The molecule has 0 amide bonds. The minimum Gasteiger partial charge on any atom is -0.459 e. The van der Waals surface area contributed by atoms with Crippen molar-refractivity contribution < 1.29 is 23.7 Å². The van der Waals surface area contributed by atoms with Crippen molar-refractivity contribution >= 4 is 39.2 Å². The number of aliphatic hydroxyl groups is 1. The Bertz CT molecular complexity index is 1620. The van der Waals surface area contributed by atoms with Gasteiger partial charge in [0.1, 0.15) is 18.9 Å². The van der Waals surface area contributed by atoms with Crippen LogP contribution in [0, 0.1) is 0 Å². The third kappa shape index (κ3) is 8.77. The molecule has 48 heavy (non-hydrogen) atoms. The van der Waals surface area contributed by atoms with Crippen molar-refractivity contribution in [1.29, 1.82) is 0 Å². The fraction of sp³-hybridized carbons (Fsp3) is 0.514. The summed E-state index contributed by atoms with van der Waals surface area (Å²) in [6.45, 7) is 16.7. The van der Waals surface area contributed by atoms with Crippen LogP contribution in [-0.2, 0) is 20.6 Å². The molecule has 0 unspecified atom stereocenters.